The van der Waals surface area contributed by atoms with E-state index in [2.05, 4.69) is 0 Å². The minimum absolute atomic E-state index is 0.0370. The summed E-state index contributed by atoms with van der Waals surface area (Å²) in [5.41, 5.74) is 0. The molecule has 0 amide bonds. The zero-order valence-electron chi connectivity index (χ0n) is 11.9. The molecule has 0 bridgehead atoms. The number of benzene rings is 2. The second-order valence-electron chi connectivity index (χ2n) is 5.01. The van der Waals surface area contributed by atoms with Crippen molar-refractivity contribution in [2.75, 3.05) is 6.61 Å². The first kappa shape index (κ1) is 14.3. The molecule has 0 N–H and O–H groups in total. The Morgan fingerprint density at radius 3 is 2.00 bits per heavy atom. The van der Waals surface area contributed by atoms with Gasteiger partial charge in [-0.25, -0.2) is 0 Å². The van der Waals surface area contributed by atoms with Crippen LogP contribution in [0, 0.1) is 0 Å². The van der Waals surface area contributed by atoms with Gasteiger partial charge in [0.05, 0.1) is 12.6 Å². The molecule has 3 rings (SSSR count). The second kappa shape index (κ2) is 5.98. The first-order valence-corrected chi connectivity index (χ1v) is 8.69. The molecule has 0 aliphatic carbocycles. The number of hydrogen-bond acceptors (Lipinski definition) is 2. The number of hydroxylamine groups is 1. The van der Waals surface area contributed by atoms with Gasteiger partial charge >= 0.3 is 0 Å². The largest absolute Gasteiger partial charge is 0.294 e. The van der Waals surface area contributed by atoms with Crippen molar-refractivity contribution < 1.29 is 9.40 Å². The quantitative estimate of drug-likeness (QED) is 0.644. The molecule has 0 fully saturated rings. The lowest BCUT2D eigenvalue weighted by molar-refractivity contribution is -0.0928. The molecule has 0 spiro atoms. The van der Waals surface area contributed by atoms with Crippen LogP contribution in [-0.4, -0.2) is 17.5 Å². The van der Waals surface area contributed by atoms with Gasteiger partial charge in [-0.1, -0.05) is 48.6 Å². The highest BCUT2D eigenvalue weighted by atomic mass is 31.2. The Morgan fingerprint density at radius 1 is 1.00 bits per heavy atom. The van der Waals surface area contributed by atoms with Crippen LogP contribution in [-0.2, 0) is 9.40 Å². The molecule has 0 radical (unpaired) electrons. The van der Waals surface area contributed by atoms with Crippen LogP contribution in [0.4, 0.5) is 0 Å². The summed E-state index contributed by atoms with van der Waals surface area (Å²) < 4.78 is 13.9. The molecule has 21 heavy (non-hydrogen) atoms. The summed E-state index contributed by atoms with van der Waals surface area (Å²) >= 11 is 0. The summed E-state index contributed by atoms with van der Waals surface area (Å²) in [6, 6.07) is 19.1. The molecular formula is C17H18NO2P. The van der Waals surface area contributed by atoms with Crippen LogP contribution in [0.25, 0.3) is 0 Å². The maximum absolute atomic E-state index is 13.9. The Balaban J connectivity index is 2.16. The Kier molecular flexibility index (Phi) is 4.07. The van der Waals surface area contributed by atoms with Gasteiger partial charge in [0.15, 0.2) is 0 Å². The molecule has 0 aromatic heterocycles. The van der Waals surface area contributed by atoms with E-state index in [1.807, 2.05) is 79.7 Å². The minimum atomic E-state index is -3.00. The van der Waals surface area contributed by atoms with E-state index in [1.165, 1.54) is 0 Å². The van der Waals surface area contributed by atoms with Crippen LogP contribution in [0.1, 0.15) is 6.92 Å². The third kappa shape index (κ3) is 2.60. The average Bonchev–Trinajstić information content (AvgIpc) is 2.56. The van der Waals surface area contributed by atoms with Gasteiger partial charge in [0, 0.05) is 10.6 Å². The van der Waals surface area contributed by atoms with Crippen LogP contribution in [0.3, 0.4) is 0 Å². The molecule has 108 valence electrons. The van der Waals surface area contributed by atoms with E-state index in [0.29, 0.717) is 6.61 Å². The molecule has 1 heterocycles. The second-order valence-corrected chi connectivity index (χ2v) is 7.59. The normalized spacial score (nSPS) is 19.6. The molecule has 0 saturated carbocycles. The van der Waals surface area contributed by atoms with Crippen molar-refractivity contribution in [3.8, 4) is 0 Å². The zero-order valence-corrected chi connectivity index (χ0v) is 12.8. The standard InChI is InChI=1S/C17H18NO2P/c1-15-9-8-14-20-18(15)21(19,16-10-4-2-5-11-16)17-12-6-3-7-13-17/h2-13,15H,14H2,1H3. The predicted molar refractivity (Wildman–Crippen MR) is 86.2 cm³/mol. The maximum atomic E-state index is 13.9. The fraction of sp³-hybridized carbons (Fsp3) is 0.176. The molecule has 1 aliphatic heterocycles. The summed E-state index contributed by atoms with van der Waals surface area (Å²) in [5, 5.41) is 1.58. The van der Waals surface area contributed by atoms with Gasteiger partial charge in [0.2, 0.25) is 7.29 Å². The maximum Gasteiger partial charge on any atom is 0.229 e. The van der Waals surface area contributed by atoms with Crippen molar-refractivity contribution in [2.24, 2.45) is 0 Å². The number of hydrogen-bond donors (Lipinski definition) is 0. The van der Waals surface area contributed by atoms with Gasteiger partial charge in [-0.15, -0.1) is 4.83 Å². The third-order valence-electron chi connectivity index (χ3n) is 3.56. The highest BCUT2D eigenvalue weighted by molar-refractivity contribution is 7.76. The van der Waals surface area contributed by atoms with Crippen molar-refractivity contribution in [3.63, 3.8) is 0 Å². The monoisotopic (exact) mass is 299 g/mol. The predicted octanol–water partition coefficient (Wildman–Crippen LogP) is 3.11. The van der Waals surface area contributed by atoms with Crippen molar-refractivity contribution in [1.29, 1.82) is 0 Å². The van der Waals surface area contributed by atoms with Crippen LogP contribution in [0.15, 0.2) is 72.8 Å². The smallest absolute Gasteiger partial charge is 0.229 e. The highest BCUT2D eigenvalue weighted by Crippen LogP contribution is 2.49. The van der Waals surface area contributed by atoms with Crippen LogP contribution >= 0.6 is 7.29 Å². The molecule has 1 unspecified atom stereocenters. The zero-order chi connectivity index (χ0) is 14.7. The fourth-order valence-electron chi connectivity index (χ4n) is 2.54. The topological polar surface area (TPSA) is 29.5 Å². The lowest BCUT2D eigenvalue weighted by atomic mass is 10.3. The Bertz CT molecular complexity index is 626. The van der Waals surface area contributed by atoms with Gasteiger partial charge in [0.25, 0.3) is 0 Å². The Morgan fingerprint density at radius 2 is 1.52 bits per heavy atom. The highest BCUT2D eigenvalue weighted by Gasteiger charge is 2.38. The SMILES string of the molecule is CC1C=CCON1P(=O)(c1ccccc1)c1ccccc1. The number of nitrogens with zero attached hydrogens (tertiary/aromatic N) is 1. The van der Waals surface area contributed by atoms with Crippen LogP contribution in [0.5, 0.6) is 0 Å². The third-order valence-corrected chi connectivity index (χ3v) is 6.59. The van der Waals surface area contributed by atoms with E-state index in [9.17, 15) is 4.57 Å². The van der Waals surface area contributed by atoms with E-state index >= 15 is 0 Å². The molecule has 0 saturated heterocycles. The van der Waals surface area contributed by atoms with Gasteiger partial charge in [0.1, 0.15) is 0 Å². The van der Waals surface area contributed by atoms with E-state index in [-0.39, 0.29) is 6.04 Å². The molecule has 2 aromatic carbocycles. The van der Waals surface area contributed by atoms with Gasteiger partial charge in [-0.2, -0.15) is 0 Å². The van der Waals surface area contributed by atoms with Crippen molar-refractivity contribution in [2.45, 2.75) is 13.0 Å². The van der Waals surface area contributed by atoms with Gasteiger partial charge < -0.3 is 0 Å². The summed E-state index contributed by atoms with van der Waals surface area (Å²) in [7, 11) is -3.00. The summed E-state index contributed by atoms with van der Waals surface area (Å²) in [6.45, 7) is 2.45. The first-order chi connectivity index (χ1) is 10.2. The molecule has 2 aromatic rings. The van der Waals surface area contributed by atoms with E-state index in [4.69, 9.17) is 4.84 Å². The molecule has 3 nitrogen and oxygen atoms in total. The van der Waals surface area contributed by atoms with E-state index in [1.54, 1.807) is 4.83 Å². The number of rotatable bonds is 3. The summed E-state index contributed by atoms with van der Waals surface area (Å²) in [5.74, 6) is 0. The van der Waals surface area contributed by atoms with Gasteiger partial charge in [-0.05, 0) is 31.2 Å². The minimum Gasteiger partial charge on any atom is -0.294 e. The fourth-order valence-corrected chi connectivity index (χ4v) is 5.26. The average molecular weight is 299 g/mol. The van der Waals surface area contributed by atoms with Crippen molar-refractivity contribution in [1.82, 2.24) is 4.83 Å². The lowest BCUT2D eigenvalue weighted by Gasteiger charge is -2.36. The van der Waals surface area contributed by atoms with Crippen molar-refractivity contribution in [3.05, 3.63) is 72.8 Å². The van der Waals surface area contributed by atoms with E-state index < -0.39 is 7.29 Å². The summed E-state index contributed by atoms with van der Waals surface area (Å²) in [6.07, 6.45) is 3.99. The molecule has 1 aliphatic rings. The van der Waals surface area contributed by atoms with Crippen molar-refractivity contribution >= 4 is 17.9 Å². The molecular weight excluding hydrogens is 281 g/mol. The van der Waals surface area contributed by atoms with Crippen LogP contribution in [0.2, 0.25) is 0 Å². The Labute approximate surface area is 125 Å². The first-order valence-electron chi connectivity index (χ1n) is 7.03. The lowest BCUT2D eigenvalue weighted by Crippen LogP contribution is -2.39. The summed E-state index contributed by atoms with van der Waals surface area (Å²) in [4.78, 5) is 7.41. The molecule has 1 atom stereocenters. The Hall–Kier alpha value is -1.67. The van der Waals surface area contributed by atoms with E-state index in [0.717, 1.165) is 10.6 Å². The molecule has 4 heteroatoms. The van der Waals surface area contributed by atoms with Gasteiger partial charge in [-0.3, -0.25) is 9.40 Å². The van der Waals surface area contributed by atoms with Crippen LogP contribution < -0.4 is 10.6 Å².